The Morgan fingerprint density at radius 3 is 3.17 bits per heavy atom. The molecular formula is C18H22FN3O2. The van der Waals surface area contributed by atoms with E-state index in [1.807, 2.05) is 4.90 Å². The fraction of sp³-hybridized carbons (Fsp3) is 0.444. The van der Waals surface area contributed by atoms with Crippen LogP contribution in [0, 0.1) is 11.7 Å². The van der Waals surface area contributed by atoms with Gasteiger partial charge in [0.15, 0.2) is 0 Å². The molecule has 5 nitrogen and oxygen atoms in total. The molecular weight excluding hydrogens is 309 g/mol. The number of nitrogens with zero attached hydrogens (tertiary/aromatic N) is 2. The molecule has 0 unspecified atom stereocenters. The largest absolute Gasteiger partial charge is 0.381 e. The van der Waals surface area contributed by atoms with Gasteiger partial charge in [-0.25, -0.2) is 4.39 Å². The molecule has 1 amide bonds. The lowest BCUT2D eigenvalue weighted by Crippen LogP contribution is -2.29. The molecule has 24 heavy (non-hydrogen) atoms. The van der Waals surface area contributed by atoms with Gasteiger partial charge in [-0.1, -0.05) is 19.1 Å². The van der Waals surface area contributed by atoms with Crippen molar-refractivity contribution in [3.63, 3.8) is 0 Å². The average molecular weight is 331 g/mol. The molecule has 1 aromatic heterocycles. The van der Waals surface area contributed by atoms with E-state index in [0.29, 0.717) is 42.4 Å². The van der Waals surface area contributed by atoms with Crippen molar-refractivity contribution < 1.29 is 13.9 Å². The molecule has 0 saturated carbocycles. The zero-order chi connectivity index (χ0) is 16.9. The standard InChI is InChI=1S/C18H22FN3O2/c1-2-8-24-12-13-6-7-22(11-13)18(23)16-10-20-21-17(16)14-4-3-5-15(19)9-14/h3-5,9-10,13H,2,6-8,11-12H2,1H3,(H,20,21)/t13-/m1/s1. The topological polar surface area (TPSA) is 58.2 Å². The highest BCUT2D eigenvalue weighted by molar-refractivity contribution is 5.99. The number of amides is 1. The summed E-state index contributed by atoms with van der Waals surface area (Å²) >= 11 is 0. The van der Waals surface area contributed by atoms with Gasteiger partial charge in [-0.3, -0.25) is 9.89 Å². The minimum Gasteiger partial charge on any atom is -0.381 e. The van der Waals surface area contributed by atoms with Gasteiger partial charge in [-0.15, -0.1) is 0 Å². The van der Waals surface area contributed by atoms with Crippen LogP contribution in [0.2, 0.25) is 0 Å². The van der Waals surface area contributed by atoms with Gasteiger partial charge in [0, 0.05) is 31.2 Å². The maximum atomic E-state index is 13.4. The molecule has 1 aliphatic heterocycles. The van der Waals surface area contributed by atoms with E-state index in [1.54, 1.807) is 12.1 Å². The molecule has 128 valence electrons. The third kappa shape index (κ3) is 3.64. The molecule has 2 aromatic rings. The van der Waals surface area contributed by atoms with E-state index in [2.05, 4.69) is 17.1 Å². The molecule has 1 aliphatic rings. The fourth-order valence-electron chi connectivity index (χ4n) is 3.03. The first-order chi connectivity index (χ1) is 11.7. The minimum atomic E-state index is -0.338. The van der Waals surface area contributed by atoms with Gasteiger partial charge in [-0.05, 0) is 25.0 Å². The molecule has 0 aliphatic carbocycles. The van der Waals surface area contributed by atoms with E-state index in [-0.39, 0.29) is 11.7 Å². The van der Waals surface area contributed by atoms with Crippen LogP contribution in [0.3, 0.4) is 0 Å². The van der Waals surface area contributed by atoms with Crippen molar-refractivity contribution in [2.24, 2.45) is 5.92 Å². The van der Waals surface area contributed by atoms with Crippen LogP contribution in [-0.2, 0) is 4.74 Å². The van der Waals surface area contributed by atoms with Gasteiger partial charge in [0.25, 0.3) is 5.91 Å². The smallest absolute Gasteiger partial charge is 0.257 e. The Hall–Kier alpha value is -2.21. The fourth-order valence-corrected chi connectivity index (χ4v) is 3.03. The zero-order valence-electron chi connectivity index (χ0n) is 13.8. The number of likely N-dealkylation sites (tertiary alicyclic amines) is 1. The minimum absolute atomic E-state index is 0.0685. The predicted molar refractivity (Wildman–Crippen MR) is 89.1 cm³/mol. The SMILES string of the molecule is CCCOC[C@@H]1CCN(C(=O)c2cn[nH]c2-c2cccc(F)c2)C1. The van der Waals surface area contributed by atoms with Crippen LogP contribution in [0.25, 0.3) is 11.3 Å². The summed E-state index contributed by atoms with van der Waals surface area (Å²) < 4.78 is 19.0. The van der Waals surface area contributed by atoms with Gasteiger partial charge >= 0.3 is 0 Å². The zero-order valence-corrected chi connectivity index (χ0v) is 13.8. The van der Waals surface area contributed by atoms with Gasteiger partial charge < -0.3 is 9.64 Å². The van der Waals surface area contributed by atoms with Crippen LogP contribution in [0.15, 0.2) is 30.5 Å². The lowest BCUT2D eigenvalue weighted by molar-refractivity contribution is 0.0755. The predicted octanol–water partition coefficient (Wildman–Crippen LogP) is 3.10. The summed E-state index contributed by atoms with van der Waals surface area (Å²) in [5.74, 6) is -0.0270. The summed E-state index contributed by atoms with van der Waals surface area (Å²) in [4.78, 5) is 14.6. The summed E-state index contributed by atoms with van der Waals surface area (Å²) in [5.41, 5.74) is 1.67. The number of rotatable bonds is 6. The Morgan fingerprint density at radius 2 is 2.38 bits per heavy atom. The molecule has 0 radical (unpaired) electrons. The highest BCUT2D eigenvalue weighted by Crippen LogP contribution is 2.25. The van der Waals surface area contributed by atoms with E-state index in [9.17, 15) is 9.18 Å². The Morgan fingerprint density at radius 1 is 1.50 bits per heavy atom. The number of aromatic nitrogens is 2. The van der Waals surface area contributed by atoms with Gasteiger partial charge in [0.05, 0.1) is 24.1 Å². The highest BCUT2D eigenvalue weighted by atomic mass is 19.1. The van der Waals surface area contributed by atoms with Crippen molar-refractivity contribution in [3.8, 4) is 11.3 Å². The van der Waals surface area contributed by atoms with Crippen LogP contribution in [0.5, 0.6) is 0 Å². The number of carbonyl (C=O) groups is 1. The van der Waals surface area contributed by atoms with Crippen molar-refractivity contribution in [1.82, 2.24) is 15.1 Å². The summed E-state index contributed by atoms with van der Waals surface area (Å²) in [6, 6.07) is 6.16. The Balaban J connectivity index is 1.70. The lowest BCUT2D eigenvalue weighted by atomic mass is 10.1. The van der Waals surface area contributed by atoms with Crippen LogP contribution < -0.4 is 0 Å². The number of hydrogen-bond acceptors (Lipinski definition) is 3. The average Bonchev–Trinajstić information content (AvgIpc) is 3.24. The molecule has 1 N–H and O–H groups in total. The third-order valence-corrected chi connectivity index (χ3v) is 4.26. The van der Waals surface area contributed by atoms with E-state index in [1.165, 1.54) is 18.3 Å². The second kappa shape index (κ2) is 7.57. The van der Waals surface area contributed by atoms with E-state index in [0.717, 1.165) is 19.4 Å². The van der Waals surface area contributed by atoms with Crippen molar-refractivity contribution >= 4 is 5.91 Å². The van der Waals surface area contributed by atoms with Gasteiger partial charge in [-0.2, -0.15) is 5.10 Å². The summed E-state index contributed by atoms with van der Waals surface area (Å²) in [5, 5.41) is 6.80. The second-order valence-corrected chi connectivity index (χ2v) is 6.15. The van der Waals surface area contributed by atoms with Gasteiger partial charge in [0.2, 0.25) is 0 Å². The number of benzene rings is 1. The molecule has 1 saturated heterocycles. The molecule has 1 aromatic carbocycles. The first-order valence-corrected chi connectivity index (χ1v) is 8.35. The normalized spacial score (nSPS) is 17.4. The van der Waals surface area contributed by atoms with Crippen molar-refractivity contribution in [3.05, 3.63) is 41.8 Å². The van der Waals surface area contributed by atoms with Gasteiger partial charge in [0.1, 0.15) is 5.82 Å². The molecule has 2 heterocycles. The first kappa shape index (κ1) is 16.6. The van der Waals surface area contributed by atoms with Crippen LogP contribution in [0.1, 0.15) is 30.1 Å². The Kier molecular flexibility index (Phi) is 5.25. The maximum Gasteiger partial charge on any atom is 0.257 e. The molecule has 6 heteroatoms. The number of nitrogens with one attached hydrogen (secondary N) is 1. The third-order valence-electron chi connectivity index (χ3n) is 4.26. The first-order valence-electron chi connectivity index (χ1n) is 8.35. The van der Waals surface area contributed by atoms with Crippen LogP contribution in [0.4, 0.5) is 4.39 Å². The van der Waals surface area contributed by atoms with Crippen molar-refractivity contribution in [2.75, 3.05) is 26.3 Å². The quantitative estimate of drug-likeness (QED) is 0.828. The second-order valence-electron chi connectivity index (χ2n) is 6.15. The highest BCUT2D eigenvalue weighted by Gasteiger charge is 2.29. The number of halogens is 1. The molecule has 1 fully saturated rings. The molecule has 3 rings (SSSR count). The number of hydrogen-bond donors (Lipinski definition) is 1. The number of carbonyl (C=O) groups excluding carboxylic acids is 1. The Labute approximate surface area is 140 Å². The van der Waals surface area contributed by atoms with Crippen LogP contribution >= 0.6 is 0 Å². The lowest BCUT2D eigenvalue weighted by Gasteiger charge is -2.16. The summed E-state index contributed by atoms with van der Waals surface area (Å²) in [6.07, 6.45) is 3.47. The van der Waals surface area contributed by atoms with E-state index < -0.39 is 0 Å². The van der Waals surface area contributed by atoms with Crippen molar-refractivity contribution in [2.45, 2.75) is 19.8 Å². The summed E-state index contributed by atoms with van der Waals surface area (Å²) in [7, 11) is 0. The monoisotopic (exact) mass is 331 g/mol. The number of aromatic amines is 1. The molecule has 1 atom stereocenters. The number of H-pyrrole nitrogens is 1. The maximum absolute atomic E-state index is 13.4. The van der Waals surface area contributed by atoms with Crippen LogP contribution in [-0.4, -0.2) is 47.3 Å². The van der Waals surface area contributed by atoms with E-state index >= 15 is 0 Å². The summed E-state index contributed by atoms with van der Waals surface area (Å²) in [6.45, 7) is 4.94. The van der Waals surface area contributed by atoms with Crippen molar-refractivity contribution in [1.29, 1.82) is 0 Å². The number of ether oxygens (including phenoxy) is 1. The Bertz CT molecular complexity index is 701. The van der Waals surface area contributed by atoms with E-state index in [4.69, 9.17) is 4.74 Å². The molecule has 0 bridgehead atoms. The molecule has 0 spiro atoms.